The van der Waals surface area contributed by atoms with Crippen LogP contribution in [0.15, 0.2) is 72.8 Å². The molecule has 0 aliphatic carbocycles. The van der Waals surface area contributed by atoms with Crippen molar-refractivity contribution in [2.75, 3.05) is 13.7 Å². The van der Waals surface area contributed by atoms with Crippen LogP contribution >= 0.6 is 0 Å². The summed E-state index contributed by atoms with van der Waals surface area (Å²) >= 11 is 0. The van der Waals surface area contributed by atoms with Crippen LogP contribution < -0.4 is 16.0 Å². The SMILES string of the molecule is COC(=O)[C@H](C[C@@H]1CCCNC1=O)NC(=O)[C@@H](CC(=O)[C@@H](Cc1cccc2ccccc12)NC(=O)OCc1ccccc1)CC(C)C. The first-order chi connectivity index (χ1) is 22.6. The molecular weight excluding hydrogens is 598 g/mol. The third-order valence-corrected chi connectivity index (χ3v) is 8.49. The molecule has 0 saturated carbocycles. The monoisotopic (exact) mass is 643 g/mol. The Bertz CT molecular complexity index is 1540. The molecule has 1 aliphatic heterocycles. The minimum absolute atomic E-state index is 0.0359. The van der Waals surface area contributed by atoms with Crippen LogP contribution in [0.4, 0.5) is 4.79 Å². The van der Waals surface area contributed by atoms with Crippen molar-refractivity contribution >= 4 is 40.4 Å². The van der Waals surface area contributed by atoms with Gasteiger partial charge in [-0.05, 0) is 53.5 Å². The number of rotatable bonds is 15. The lowest BCUT2D eigenvalue weighted by atomic mass is 9.87. The second kappa shape index (κ2) is 17.3. The fourth-order valence-corrected chi connectivity index (χ4v) is 6.07. The summed E-state index contributed by atoms with van der Waals surface area (Å²) < 4.78 is 10.4. The van der Waals surface area contributed by atoms with Crippen molar-refractivity contribution in [1.82, 2.24) is 16.0 Å². The number of amides is 3. The molecule has 3 amide bonds. The Balaban J connectivity index is 1.53. The van der Waals surface area contributed by atoms with E-state index in [1.165, 1.54) is 7.11 Å². The maximum Gasteiger partial charge on any atom is 0.408 e. The maximum atomic E-state index is 14.0. The smallest absolute Gasteiger partial charge is 0.408 e. The molecule has 47 heavy (non-hydrogen) atoms. The summed E-state index contributed by atoms with van der Waals surface area (Å²) in [5.41, 5.74) is 1.67. The van der Waals surface area contributed by atoms with Gasteiger partial charge in [-0.2, -0.15) is 0 Å². The summed E-state index contributed by atoms with van der Waals surface area (Å²) in [6.07, 6.45) is 1.13. The van der Waals surface area contributed by atoms with Crippen LogP contribution in [0.5, 0.6) is 0 Å². The van der Waals surface area contributed by atoms with Gasteiger partial charge in [-0.25, -0.2) is 9.59 Å². The van der Waals surface area contributed by atoms with E-state index in [1.54, 1.807) is 0 Å². The quantitative estimate of drug-likeness (QED) is 0.201. The second-order valence-corrected chi connectivity index (χ2v) is 12.5. The van der Waals surface area contributed by atoms with E-state index < -0.39 is 41.9 Å². The lowest BCUT2D eigenvalue weighted by Crippen LogP contribution is -2.49. The molecule has 10 nitrogen and oxygen atoms in total. The lowest BCUT2D eigenvalue weighted by molar-refractivity contribution is -0.146. The molecule has 0 aromatic heterocycles. The van der Waals surface area contributed by atoms with E-state index in [2.05, 4.69) is 16.0 Å². The van der Waals surface area contributed by atoms with Gasteiger partial charge >= 0.3 is 12.1 Å². The van der Waals surface area contributed by atoms with Gasteiger partial charge in [-0.1, -0.05) is 86.6 Å². The summed E-state index contributed by atoms with van der Waals surface area (Å²) in [6, 6.07) is 20.8. The fourth-order valence-electron chi connectivity index (χ4n) is 6.07. The molecule has 0 spiro atoms. The number of fused-ring (bicyclic) bond motifs is 1. The molecule has 3 aromatic rings. The molecule has 1 fully saturated rings. The summed E-state index contributed by atoms with van der Waals surface area (Å²) in [7, 11) is 1.23. The largest absolute Gasteiger partial charge is 0.467 e. The van der Waals surface area contributed by atoms with Gasteiger partial charge < -0.3 is 25.4 Å². The van der Waals surface area contributed by atoms with Crippen molar-refractivity contribution in [3.05, 3.63) is 83.9 Å². The molecule has 4 rings (SSSR count). The van der Waals surface area contributed by atoms with E-state index in [1.807, 2.05) is 86.6 Å². The van der Waals surface area contributed by atoms with Gasteiger partial charge in [0.2, 0.25) is 11.8 Å². The summed E-state index contributed by atoms with van der Waals surface area (Å²) in [6.45, 7) is 4.51. The first-order valence-electron chi connectivity index (χ1n) is 16.3. The number of carbonyl (C=O) groups excluding carboxylic acids is 5. The summed E-state index contributed by atoms with van der Waals surface area (Å²) in [5.74, 6) is -2.79. The third kappa shape index (κ3) is 10.4. The highest BCUT2D eigenvalue weighted by molar-refractivity contribution is 5.94. The van der Waals surface area contributed by atoms with Crippen molar-refractivity contribution in [3.63, 3.8) is 0 Å². The molecule has 3 N–H and O–H groups in total. The molecule has 250 valence electrons. The number of methoxy groups -OCH3 is 1. The van der Waals surface area contributed by atoms with Crippen LogP contribution in [0, 0.1) is 17.8 Å². The van der Waals surface area contributed by atoms with Crippen LogP contribution in [-0.4, -0.2) is 55.4 Å². The summed E-state index contributed by atoms with van der Waals surface area (Å²) in [5, 5.41) is 10.3. The van der Waals surface area contributed by atoms with Gasteiger partial charge in [0.25, 0.3) is 0 Å². The van der Waals surface area contributed by atoms with E-state index in [9.17, 15) is 24.0 Å². The zero-order chi connectivity index (χ0) is 33.8. The first-order valence-corrected chi connectivity index (χ1v) is 16.3. The average Bonchev–Trinajstić information content (AvgIpc) is 3.07. The Hall–Kier alpha value is -4.73. The predicted octanol–water partition coefficient (Wildman–Crippen LogP) is 4.87. The van der Waals surface area contributed by atoms with Crippen molar-refractivity contribution < 1.29 is 33.4 Å². The highest BCUT2D eigenvalue weighted by Gasteiger charge is 2.34. The highest BCUT2D eigenvalue weighted by Crippen LogP contribution is 2.24. The Morgan fingerprint density at radius 3 is 2.36 bits per heavy atom. The number of hydrogen-bond acceptors (Lipinski definition) is 7. The number of nitrogens with one attached hydrogen (secondary N) is 3. The third-order valence-electron chi connectivity index (χ3n) is 8.49. The Morgan fingerprint density at radius 1 is 0.915 bits per heavy atom. The number of Topliss-reactive ketones (excluding diaryl/α,β-unsaturated/α-hetero) is 1. The Morgan fingerprint density at radius 2 is 1.64 bits per heavy atom. The number of ketones is 1. The number of carbonyl (C=O) groups is 5. The van der Waals surface area contributed by atoms with E-state index >= 15 is 0 Å². The van der Waals surface area contributed by atoms with Crippen molar-refractivity contribution in [2.45, 2.75) is 71.1 Å². The number of benzene rings is 3. The van der Waals surface area contributed by atoms with E-state index in [-0.39, 0.29) is 43.5 Å². The molecule has 3 aromatic carbocycles. The molecular formula is C37H45N3O7. The van der Waals surface area contributed by atoms with Gasteiger partial charge in [0.05, 0.1) is 13.2 Å². The minimum Gasteiger partial charge on any atom is -0.467 e. The number of alkyl carbamates (subject to hydrolysis) is 1. The second-order valence-electron chi connectivity index (χ2n) is 12.5. The van der Waals surface area contributed by atoms with E-state index in [4.69, 9.17) is 9.47 Å². The fraction of sp³-hybridized carbons (Fsp3) is 0.432. The zero-order valence-corrected chi connectivity index (χ0v) is 27.3. The number of ether oxygens (including phenoxy) is 2. The van der Waals surface area contributed by atoms with Crippen LogP contribution in [0.25, 0.3) is 10.8 Å². The number of esters is 1. The molecule has 1 saturated heterocycles. The predicted molar refractivity (Wildman–Crippen MR) is 178 cm³/mol. The van der Waals surface area contributed by atoms with E-state index in [0.29, 0.717) is 19.4 Å². The minimum atomic E-state index is -1.04. The first kappa shape index (κ1) is 35.1. The average molecular weight is 644 g/mol. The summed E-state index contributed by atoms with van der Waals surface area (Å²) in [4.78, 5) is 65.9. The molecule has 0 radical (unpaired) electrons. The Labute approximate surface area is 276 Å². The lowest BCUT2D eigenvalue weighted by Gasteiger charge is -2.27. The van der Waals surface area contributed by atoms with Gasteiger partial charge in [0.1, 0.15) is 12.6 Å². The van der Waals surface area contributed by atoms with Crippen molar-refractivity contribution in [3.8, 4) is 0 Å². The van der Waals surface area contributed by atoms with Gasteiger partial charge in [0, 0.05) is 31.2 Å². The normalized spacial score (nSPS) is 16.4. The standard InChI is InChI=1S/C37H45N3O7/c1-24(2)19-29(35(43)39-32(36(44)46-3)21-28-16-10-18-38-34(28)42)22-33(41)31(40-37(45)47-23-25-11-5-4-6-12-25)20-27-15-9-14-26-13-7-8-17-30(26)27/h4-9,11-15,17,24,28-29,31-32H,10,16,18-23H2,1-3H3,(H,38,42)(H,39,43)(H,40,45)/t28-,29+,31+,32-/m0/s1. The Kier molecular flexibility index (Phi) is 12.9. The van der Waals surface area contributed by atoms with Crippen molar-refractivity contribution in [2.24, 2.45) is 17.8 Å². The van der Waals surface area contributed by atoms with Crippen LogP contribution in [0.1, 0.15) is 57.1 Å². The van der Waals surface area contributed by atoms with Crippen molar-refractivity contribution in [1.29, 1.82) is 0 Å². The molecule has 0 unspecified atom stereocenters. The van der Waals surface area contributed by atoms with E-state index in [0.717, 1.165) is 28.3 Å². The molecule has 4 atom stereocenters. The molecule has 10 heteroatoms. The zero-order valence-electron chi connectivity index (χ0n) is 27.3. The van der Waals surface area contributed by atoms with Crippen LogP contribution in [-0.2, 0) is 41.7 Å². The highest BCUT2D eigenvalue weighted by atomic mass is 16.5. The number of piperidine rings is 1. The number of hydrogen-bond donors (Lipinski definition) is 3. The van der Waals surface area contributed by atoms with Gasteiger partial charge in [-0.3, -0.25) is 14.4 Å². The molecule has 0 bridgehead atoms. The molecule has 1 heterocycles. The molecule has 1 aliphatic rings. The van der Waals surface area contributed by atoms with Crippen LogP contribution in [0.2, 0.25) is 0 Å². The van der Waals surface area contributed by atoms with Crippen LogP contribution in [0.3, 0.4) is 0 Å². The maximum absolute atomic E-state index is 14.0. The topological polar surface area (TPSA) is 140 Å². The van der Waals surface area contributed by atoms with Gasteiger partial charge in [-0.15, -0.1) is 0 Å². The van der Waals surface area contributed by atoms with Gasteiger partial charge in [0.15, 0.2) is 5.78 Å².